The second-order valence-corrected chi connectivity index (χ2v) is 5.50. The van der Waals surface area contributed by atoms with Gasteiger partial charge in [-0.05, 0) is 33.1 Å². The Morgan fingerprint density at radius 3 is 2.81 bits per heavy atom. The minimum absolute atomic E-state index is 0.0559. The van der Waals surface area contributed by atoms with Gasteiger partial charge in [-0.3, -0.25) is 9.69 Å². The zero-order chi connectivity index (χ0) is 11.9. The normalized spacial score (nSPS) is 28.9. The third kappa shape index (κ3) is 2.13. The molecule has 0 spiro atoms. The summed E-state index contributed by atoms with van der Waals surface area (Å²) in [7, 11) is 0. The molecule has 2 bridgehead atoms. The van der Waals surface area contributed by atoms with Crippen LogP contribution in [0.3, 0.4) is 0 Å². The number of nitrogens with zero attached hydrogens (tertiary/aromatic N) is 1. The lowest BCUT2D eigenvalue weighted by atomic mass is 10.0. The van der Waals surface area contributed by atoms with Gasteiger partial charge in [0.2, 0.25) is 5.91 Å². The fourth-order valence-electron chi connectivity index (χ4n) is 2.20. The molecule has 2 fully saturated rings. The maximum absolute atomic E-state index is 11.9. The maximum atomic E-state index is 11.9. The number of carbonyl (C=O) groups excluding carboxylic acids is 2. The summed E-state index contributed by atoms with van der Waals surface area (Å²) in [6.07, 6.45) is 0.391. The molecular weight excluding hydrogens is 208 g/mol. The van der Waals surface area contributed by atoms with Gasteiger partial charge in [-0.1, -0.05) is 0 Å². The monoisotopic (exact) mass is 226 g/mol. The van der Waals surface area contributed by atoms with Crippen molar-refractivity contribution in [3.05, 3.63) is 0 Å². The van der Waals surface area contributed by atoms with Crippen molar-refractivity contribution in [2.24, 2.45) is 5.92 Å². The van der Waals surface area contributed by atoms with Crippen LogP contribution in [0.25, 0.3) is 0 Å². The first-order chi connectivity index (χ1) is 7.37. The minimum Gasteiger partial charge on any atom is -0.444 e. The Morgan fingerprint density at radius 1 is 1.50 bits per heavy atom. The first kappa shape index (κ1) is 11.2. The van der Waals surface area contributed by atoms with Crippen LogP contribution in [0, 0.1) is 5.92 Å². The quantitative estimate of drug-likeness (QED) is 0.663. The van der Waals surface area contributed by atoms with Crippen molar-refractivity contribution in [3.8, 4) is 0 Å². The molecule has 0 aromatic carbocycles. The van der Waals surface area contributed by atoms with Gasteiger partial charge in [0, 0.05) is 13.1 Å². The number of hydrogen-bond donors (Lipinski definition) is 1. The van der Waals surface area contributed by atoms with E-state index in [2.05, 4.69) is 5.32 Å². The smallest absolute Gasteiger partial charge is 0.410 e. The molecule has 2 atom stereocenters. The summed E-state index contributed by atoms with van der Waals surface area (Å²) in [4.78, 5) is 25.0. The zero-order valence-corrected chi connectivity index (χ0v) is 9.95. The fourth-order valence-corrected chi connectivity index (χ4v) is 2.20. The number of nitrogens with one attached hydrogen (secondary N) is 1. The van der Waals surface area contributed by atoms with Gasteiger partial charge in [0.05, 0.1) is 0 Å². The highest BCUT2D eigenvalue weighted by molar-refractivity contribution is 5.87. The van der Waals surface area contributed by atoms with Crippen LogP contribution in [0.1, 0.15) is 27.2 Å². The lowest BCUT2D eigenvalue weighted by Gasteiger charge is -2.27. The Kier molecular flexibility index (Phi) is 2.56. The number of hydrogen-bond acceptors (Lipinski definition) is 3. The van der Waals surface area contributed by atoms with Gasteiger partial charge in [-0.15, -0.1) is 0 Å². The zero-order valence-electron chi connectivity index (χ0n) is 9.95. The number of likely N-dealkylation sites (tertiary alicyclic amines) is 1. The van der Waals surface area contributed by atoms with Crippen LogP contribution in [0.5, 0.6) is 0 Å². The van der Waals surface area contributed by atoms with Gasteiger partial charge in [-0.25, -0.2) is 4.79 Å². The van der Waals surface area contributed by atoms with E-state index in [1.165, 1.54) is 0 Å². The first-order valence-electron chi connectivity index (χ1n) is 5.64. The summed E-state index contributed by atoms with van der Waals surface area (Å²) in [5.74, 6) is 0.329. The van der Waals surface area contributed by atoms with Crippen LogP contribution < -0.4 is 5.32 Å². The van der Waals surface area contributed by atoms with E-state index >= 15 is 0 Å². The topological polar surface area (TPSA) is 58.6 Å². The predicted octanol–water partition coefficient (Wildman–Crippen LogP) is 0.742. The Labute approximate surface area is 95.1 Å². The highest BCUT2D eigenvalue weighted by Gasteiger charge is 2.44. The molecule has 2 unspecified atom stereocenters. The summed E-state index contributed by atoms with van der Waals surface area (Å²) in [5, 5.41) is 2.80. The summed E-state index contributed by atoms with van der Waals surface area (Å²) in [6.45, 7) is 6.78. The van der Waals surface area contributed by atoms with E-state index < -0.39 is 5.60 Å². The van der Waals surface area contributed by atoms with Crippen molar-refractivity contribution in [2.75, 3.05) is 13.1 Å². The fraction of sp³-hybridized carbons (Fsp3) is 0.818. The van der Waals surface area contributed by atoms with Crippen LogP contribution >= 0.6 is 0 Å². The summed E-state index contributed by atoms with van der Waals surface area (Å²) in [6, 6.07) is -0.325. The van der Waals surface area contributed by atoms with E-state index in [1.807, 2.05) is 20.8 Å². The van der Waals surface area contributed by atoms with Gasteiger partial charge in [0.15, 0.2) is 0 Å². The van der Waals surface area contributed by atoms with Crippen LogP contribution in [-0.4, -0.2) is 41.6 Å². The van der Waals surface area contributed by atoms with Crippen molar-refractivity contribution in [3.63, 3.8) is 0 Å². The van der Waals surface area contributed by atoms with Crippen LogP contribution in [0.15, 0.2) is 0 Å². The number of amides is 2. The van der Waals surface area contributed by atoms with Crippen molar-refractivity contribution < 1.29 is 14.3 Å². The van der Waals surface area contributed by atoms with Gasteiger partial charge >= 0.3 is 6.09 Å². The lowest BCUT2D eigenvalue weighted by molar-refractivity contribution is -0.126. The molecule has 0 radical (unpaired) electrons. The van der Waals surface area contributed by atoms with Crippen molar-refractivity contribution in [1.29, 1.82) is 0 Å². The molecule has 5 nitrogen and oxygen atoms in total. The number of rotatable bonds is 0. The van der Waals surface area contributed by atoms with Gasteiger partial charge in [0.25, 0.3) is 0 Å². The van der Waals surface area contributed by atoms with Crippen LogP contribution in [0.2, 0.25) is 0 Å². The standard InChI is InChI=1S/C11H18N2O3/c1-11(2,3)16-10(15)13-6-7-4-8(13)9(14)12-5-7/h7-8H,4-6H2,1-3H3,(H,12,14). The van der Waals surface area contributed by atoms with Gasteiger partial charge in [-0.2, -0.15) is 0 Å². The SMILES string of the molecule is CC(C)(C)OC(=O)N1CC2CNC(=O)C1C2. The molecule has 16 heavy (non-hydrogen) atoms. The van der Waals surface area contributed by atoms with Crippen molar-refractivity contribution in [1.82, 2.24) is 10.2 Å². The Morgan fingerprint density at radius 2 is 2.19 bits per heavy atom. The Balaban J connectivity index is 2.05. The molecule has 1 N–H and O–H groups in total. The number of ether oxygens (including phenoxy) is 1. The molecular formula is C11H18N2O3. The highest BCUT2D eigenvalue weighted by atomic mass is 16.6. The van der Waals surface area contributed by atoms with E-state index in [0.717, 1.165) is 6.42 Å². The largest absolute Gasteiger partial charge is 0.444 e. The number of piperidine rings is 1. The van der Waals surface area contributed by atoms with E-state index in [1.54, 1.807) is 4.90 Å². The van der Waals surface area contributed by atoms with E-state index in [0.29, 0.717) is 19.0 Å². The van der Waals surface area contributed by atoms with Gasteiger partial charge in [0.1, 0.15) is 11.6 Å². The number of fused-ring (bicyclic) bond motifs is 2. The molecule has 90 valence electrons. The second-order valence-electron chi connectivity index (χ2n) is 5.50. The Bertz CT molecular complexity index is 322. The van der Waals surface area contributed by atoms with Crippen LogP contribution in [-0.2, 0) is 9.53 Å². The molecule has 5 heteroatoms. The molecule has 2 heterocycles. The average Bonchev–Trinajstić information content (AvgIpc) is 2.49. The Hall–Kier alpha value is -1.26. The molecule has 2 amide bonds. The molecule has 0 saturated carbocycles. The summed E-state index contributed by atoms with van der Waals surface area (Å²) >= 11 is 0. The van der Waals surface area contributed by atoms with E-state index in [9.17, 15) is 9.59 Å². The van der Waals surface area contributed by atoms with Crippen molar-refractivity contribution >= 4 is 12.0 Å². The minimum atomic E-state index is -0.510. The lowest BCUT2D eigenvalue weighted by Crippen LogP contribution is -2.47. The molecule has 0 aromatic rings. The van der Waals surface area contributed by atoms with Gasteiger partial charge < -0.3 is 10.1 Å². The molecule has 2 saturated heterocycles. The third-order valence-corrected chi connectivity index (χ3v) is 2.88. The molecule has 2 rings (SSSR count). The molecule has 2 aliphatic heterocycles. The second kappa shape index (κ2) is 3.64. The summed E-state index contributed by atoms with van der Waals surface area (Å²) < 4.78 is 5.29. The summed E-state index contributed by atoms with van der Waals surface area (Å²) in [5.41, 5.74) is -0.510. The highest BCUT2D eigenvalue weighted by Crippen LogP contribution is 2.27. The maximum Gasteiger partial charge on any atom is 0.410 e. The predicted molar refractivity (Wildman–Crippen MR) is 57.8 cm³/mol. The van der Waals surface area contributed by atoms with Crippen LogP contribution in [0.4, 0.5) is 4.79 Å². The average molecular weight is 226 g/mol. The molecule has 2 aliphatic rings. The molecule has 0 aromatic heterocycles. The van der Waals surface area contributed by atoms with E-state index in [4.69, 9.17) is 4.74 Å². The first-order valence-corrected chi connectivity index (χ1v) is 5.64. The van der Waals surface area contributed by atoms with Crippen molar-refractivity contribution in [2.45, 2.75) is 38.8 Å². The molecule has 0 aliphatic carbocycles. The number of carbonyl (C=O) groups is 2. The van der Waals surface area contributed by atoms with E-state index in [-0.39, 0.29) is 18.0 Å². The third-order valence-electron chi connectivity index (χ3n) is 2.88.